The quantitative estimate of drug-likeness (QED) is 0.611. The topological polar surface area (TPSA) is 93.7 Å². The normalized spacial score (nSPS) is 13.8. The molecule has 4 rings (SSSR count). The van der Waals surface area contributed by atoms with Gasteiger partial charge >= 0.3 is 0 Å². The Labute approximate surface area is 181 Å². The SMILES string of the molecule is C[C@H](NC(=O)c1ccc(NS(=O)(=O)c2ccccc2)cc1)c1ccc2c(c1)OCCO2. The van der Waals surface area contributed by atoms with Crippen LogP contribution in [0.1, 0.15) is 28.9 Å². The predicted octanol–water partition coefficient (Wildman–Crippen LogP) is 3.75. The number of rotatable bonds is 6. The van der Waals surface area contributed by atoms with E-state index in [0.29, 0.717) is 36.0 Å². The summed E-state index contributed by atoms with van der Waals surface area (Å²) in [5, 5.41) is 2.94. The molecule has 0 spiro atoms. The lowest BCUT2D eigenvalue weighted by Crippen LogP contribution is -2.26. The lowest BCUT2D eigenvalue weighted by atomic mass is 10.1. The number of anilines is 1. The zero-order valence-corrected chi connectivity index (χ0v) is 17.7. The van der Waals surface area contributed by atoms with Crippen LogP contribution in [0.4, 0.5) is 5.69 Å². The van der Waals surface area contributed by atoms with Gasteiger partial charge in [0.25, 0.3) is 15.9 Å². The Bertz CT molecular complexity index is 1180. The third kappa shape index (κ3) is 4.80. The number of fused-ring (bicyclic) bond motifs is 1. The van der Waals surface area contributed by atoms with Crippen LogP contribution in [-0.4, -0.2) is 27.5 Å². The molecule has 1 atom stereocenters. The van der Waals surface area contributed by atoms with E-state index in [9.17, 15) is 13.2 Å². The van der Waals surface area contributed by atoms with Gasteiger partial charge in [-0.25, -0.2) is 8.42 Å². The minimum Gasteiger partial charge on any atom is -0.486 e. The maximum Gasteiger partial charge on any atom is 0.261 e. The highest BCUT2D eigenvalue weighted by atomic mass is 32.2. The molecule has 2 N–H and O–H groups in total. The van der Waals surface area contributed by atoms with Gasteiger partial charge in [-0.3, -0.25) is 9.52 Å². The second-order valence-corrected chi connectivity index (χ2v) is 8.78. The van der Waals surface area contributed by atoms with Crippen molar-refractivity contribution in [1.82, 2.24) is 5.32 Å². The monoisotopic (exact) mass is 438 g/mol. The third-order valence-corrected chi connectivity index (χ3v) is 6.26. The van der Waals surface area contributed by atoms with Gasteiger partial charge in [-0.1, -0.05) is 24.3 Å². The molecule has 1 amide bonds. The summed E-state index contributed by atoms with van der Waals surface area (Å²) in [7, 11) is -3.68. The number of carbonyl (C=O) groups is 1. The Balaban J connectivity index is 1.41. The summed E-state index contributed by atoms with van der Waals surface area (Å²) in [6, 6.07) is 19.7. The number of hydrogen-bond acceptors (Lipinski definition) is 5. The molecule has 160 valence electrons. The van der Waals surface area contributed by atoms with Crippen molar-refractivity contribution >= 4 is 21.6 Å². The van der Waals surface area contributed by atoms with Crippen LogP contribution in [0.5, 0.6) is 11.5 Å². The van der Waals surface area contributed by atoms with E-state index in [1.54, 1.807) is 42.5 Å². The predicted molar refractivity (Wildman–Crippen MR) is 117 cm³/mol. The lowest BCUT2D eigenvalue weighted by Gasteiger charge is -2.21. The summed E-state index contributed by atoms with van der Waals surface area (Å²) in [6.45, 7) is 2.90. The Morgan fingerprint density at radius 3 is 2.29 bits per heavy atom. The van der Waals surface area contributed by atoms with Crippen LogP contribution in [-0.2, 0) is 10.0 Å². The molecule has 1 heterocycles. The molecule has 0 saturated heterocycles. The Morgan fingerprint density at radius 1 is 0.903 bits per heavy atom. The fourth-order valence-corrected chi connectivity index (χ4v) is 4.28. The van der Waals surface area contributed by atoms with E-state index in [1.807, 2.05) is 25.1 Å². The molecule has 0 bridgehead atoms. The maximum absolute atomic E-state index is 12.6. The van der Waals surface area contributed by atoms with E-state index in [1.165, 1.54) is 12.1 Å². The van der Waals surface area contributed by atoms with Gasteiger partial charge in [0.15, 0.2) is 11.5 Å². The Morgan fingerprint density at radius 2 is 1.58 bits per heavy atom. The Kier molecular flexibility index (Phi) is 5.81. The van der Waals surface area contributed by atoms with Gasteiger partial charge in [0, 0.05) is 11.3 Å². The van der Waals surface area contributed by atoms with Crippen molar-refractivity contribution in [2.24, 2.45) is 0 Å². The minimum atomic E-state index is -3.68. The molecule has 0 aromatic heterocycles. The molecule has 0 saturated carbocycles. The van der Waals surface area contributed by atoms with Crippen molar-refractivity contribution in [3.8, 4) is 11.5 Å². The lowest BCUT2D eigenvalue weighted by molar-refractivity contribution is 0.0939. The molecular weight excluding hydrogens is 416 g/mol. The second kappa shape index (κ2) is 8.69. The second-order valence-electron chi connectivity index (χ2n) is 7.09. The maximum atomic E-state index is 12.6. The van der Waals surface area contributed by atoms with Gasteiger partial charge in [0.05, 0.1) is 10.9 Å². The van der Waals surface area contributed by atoms with Crippen molar-refractivity contribution in [1.29, 1.82) is 0 Å². The summed E-state index contributed by atoms with van der Waals surface area (Å²) in [5.41, 5.74) is 1.69. The summed E-state index contributed by atoms with van der Waals surface area (Å²) >= 11 is 0. The van der Waals surface area contributed by atoms with Gasteiger partial charge in [-0.05, 0) is 61.0 Å². The smallest absolute Gasteiger partial charge is 0.261 e. The molecule has 0 unspecified atom stereocenters. The van der Waals surface area contributed by atoms with E-state index in [0.717, 1.165) is 5.56 Å². The van der Waals surface area contributed by atoms with E-state index in [4.69, 9.17) is 9.47 Å². The molecule has 8 heteroatoms. The van der Waals surface area contributed by atoms with Crippen LogP contribution < -0.4 is 19.5 Å². The van der Waals surface area contributed by atoms with Crippen LogP contribution in [0.15, 0.2) is 77.7 Å². The molecule has 7 nitrogen and oxygen atoms in total. The first-order chi connectivity index (χ1) is 14.9. The molecule has 1 aliphatic rings. The van der Waals surface area contributed by atoms with Gasteiger partial charge in [0.2, 0.25) is 0 Å². The number of hydrogen-bond donors (Lipinski definition) is 2. The molecular formula is C23H22N2O5S. The van der Waals surface area contributed by atoms with Gasteiger partial charge in [0.1, 0.15) is 13.2 Å². The summed E-state index contributed by atoms with van der Waals surface area (Å²) in [6.07, 6.45) is 0. The fraction of sp³-hybridized carbons (Fsp3) is 0.174. The first-order valence-electron chi connectivity index (χ1n) is 9.81. The fourth-order valence-electron chi connectivity index (χ4n) is 3.20. The van der Waals surface area contributed by atoms with Crippen LogP contribution in [0.3, 0.4) is 0 Å². The largest absolute Gasteiger partial charge is 0.486 e. The summed E-state index contributed by atoms with van der Waals surface area (Å²) in [5.74, 6) is 1.10. The van der Waals surface area contributed by atoms with Gasteiger partial charge in [-0.2, -0.15) is 0 Å². The van der Waals surface area contributed by atoms with E-state index >= 15 is 0 Å². The van der Waals surface area contributed by atoms with E-state index in [2.05, 4.69) is 10.0 Å². The molecule has 1 aliphatic heterocycles. The molecule has 31 heavy (non-hydrogen) atoms. The number of benzene rings is 3. The zero-order chi connectivity index (χ0) is 21.8. The van der Waals surface area contributed by atoms with Crippen molar-refractivity contribution in [2.75, 3.05) is 17.9 Å². The molecule has 0 aliphatic carbocycles. The first-order valence-corrected chi connectivity index (χ1v) is 11.3. The summed E-state index contributed by atoms with van der Waals surface area (Å²) < 4.78 is 38.5. The van der Waals surface area contributed by atoms with Crippen LogP contribution in [0.25, 0.3) is 0 Å². The van der Waals surface area contributed by atoms with Crippen molar-refractivity contribution in [2.45, 2.75) is 17.9 Å². The van der Waals surface area contributed by atoms with Crippen LogP contribution in [0.2, 0.25) is 0 Å². The van der Waals surface area contributed by atoms with Crippen LogP contribution in [0, 0.1) is 0 Å². The van der Waals surface area contributed by atoms with Crippen molar-refractivity contribution in [3.63, 3.8) is 0 Å². The highest BCUT2D eigenvalue weighted by molar-refractivity contribution is 7.92. The molecule has 3 aromatic carbocycles. The molecule has 0 radical (unpaired) electrons. The first kappa shape index (κ1) is 20.7. The highest BCUT2D eigenvalue weighted by Gasteiger charge is 2.17. The van der Waals surface area contributed by atoms with Crippen LogP contribution >= 0.6 is 0 Å². The van der Waals surface area contributed by atoms with Gasteiger partial charge < -0.3 is 14.8 Å². The van der Waals surface area contributed by atoms with E-state index in [-0.39, 0.29) is 16.8 Å². The molecule has 3 aromatic rings. The number of amides is 1. The molecule has 0 fully saturated rings. The average molecular weight is 439 g/mol. The summed E-state index contributed by atoms with van der Waals surface area (Å²) in [4.78, 5) is 12.8. The Hall–Kier alpha value is -3.52. The minimum absolute atomic E-state index is 0.171. The number of carbonyl (C=O) groups excluding carboxylic acids is 1. The highest BCUT2D eigenvalue weighted by Crippen LogP contribution is 2.32. The van der Waals surface area contributed by atoms with Crippen molar-refractivity contribution in [3.05, 3.63) is 83.9 Å². The number of sulfonamides is 1. The van der Waals surface area contributed by atoms with E-state index < -0.39 is 10.0 Å². The zero-order valence-electron chi connectivity index (χ0n) is 16.9. The average Bonchev–Trinajstić information content (AvgIpc) is 2.79. The number of ether oxygens (including phenoxy) is 2. The standard InChI is InChI=1S/C23H22N2O5S/c1-16(18-9-12-21-22(15-18)30-14-13-29-21)24-23(26)17-7-10-19(11-8-17)25-31(27,28)20-5-3-2-4-6-20/h2-12,15-16,25H,13-14H2,1H3,(H,24,26)/t16-/m0/s1. The number of nitrogens with one attached hydrogen (secondary N) is 2. The third-order valence-electron chi connectivity index (χ3n) is 4.87. The van der Waals surface area contributed by atoms with Gasteiger partial charge in [-0.15, -0.1) is 0 Å². The van der Waals surface area contributed by atoms with Crippen molar-refractivity contribution < 1.29 is 22.7 Å².